The standard InChI is InChI=1S/C28H37F3N6O2/c1-35(2)26(39)22-7-5-6-19(22)16-24-23(28(29,30)31)17-32-27(34-24)33-20-10-8-18(9-11-20)25(38)37(4)21-12-14-36(3)15-13-21/h8-11,17,19,21-22H,5-7,12-16H2,1-4H3,(H,32,33,34)/t19-,22-/m0/s1. The number of aromatic nitrogens is 2. The summed E-state index contributed by atoms with van der Waals surface area (Å²) in [7, 11) is 7.22. The number of carbonyl (C=O) groups excluding carboxylic acids is 2. The molecular formula is C28H37F3N6O2. The summed E-state index contributed by atoms with van der Waals surface area (Å²) >= 11 is 0. The number of benzene rings is 1. The highest BCUT2D eigenvalue weighted by Crippen LogP contribution is 2.38. The van der Waals surface area contributed by atoms with Crippen molar-refractivity contribution < 1.29 is 22.8 Å². The third kappa shape index (κ3) is 6.87. The van der Waals surface area contributed by atoms with Crippen molar-refractivity contribution in [3.8, 4) is 0 Å². The number of carbonyl (C=O) groups is 2. The molecule has 39 heavy (non-hydrogen) atoms. The first-order chi connectivity index (χ1) is 18.4. The Morgan fingerprint density at radius 3 is 2.33 bits per heavy atom. The lowest BCUT2D eigenvalue weighted by Gasteiger charge is -2.35. The minimum atomic E-state index is -4.60. The number of hydrogen-bond donors (Lipinski definition) is 1. The van der Waals surface area contributed by atoms with Gasteiger partial charge in [-0.3, -0.25) is 9.59 Å². The Labute approximate surface area is 227 Å². The zero-order valence-corrected chi connectivity index (χ0v) is 23.0. The molecule has 2 atom stereocenters. The number of alkyl halides is 3. The van der Waals surface area contributed by atoms with E-state index >= 15 is 0 Å². The Morgan fingerprint density at radius 2 is 1.72 bits per heavy atom. The van der Waals surface area contributed by atoms with Crippen molar-refractivity contribution >= 4 is 23.5 Å². The summed E-state index contributed by atoms with van der Waals surface area (Å²) in [5.74, 6) is -0.619. The Hall–Kier alpha value is -3.21. The fourth-order valence-electron chi connectivity index (χ4n) is 5.63. The summed E-state index contributed by atoms with van der Waals surface area (Å²) in [6.45, 7) is 1.90. The predicted molar refractivity (Wildman–Crippen MR) is 143 cm³/mol. The summed E-state index contributed by atoms with van der Waals surface area (Å²) in [4.78, 5) is 39.3. The average Bonchev–Trinajstić information content (AvgIpc) is 3.35. The van der Waals surface area contributed by atoms with Gasteiger partial charge in [-0.15, -0.1) is 0 Å². The number of hydrogen-bond acceptors (Lipinski definition) is 6. The first-order valence-corrected chi connectivity index (χ1v) is 13.4. The maximum Gasteiger partial charge on any atom is 0.419 e. The largest absolute Gasteiger partial charge is 0.419 e. The summed E-state index contributed by atoms with van der Waals surface area (Å²) in [6, 6.07) is 6.96. The van der Waals surface area contributed by atoms with Crippen molar-refractivity contribution in [1.82, 2.24) is 24.7 Å². The maximum absolute atomic E-state index is 13.8. The van der Waals surface area contributed by atoms with Crippen LogP contribution in [-0.2, 0) is 17.4 Å². The van der Waals surface area contributed by atoms with Crippen LogP contribution in [0, 0.1) is 11.8 Å². The number of halogens is 3. The van der Waals surface area contributed by atoms with E-state index in [0.29, 0.717) is 24.1 Å². The Bertz CT molecular complexity index is 1160. The SMILES string of the molecule is CN1CCC(N(C)C(=O)c2ccc(Nc3ncc(C(F)(F)F)c(C[C@@H]4CCC[C@@H]4C(=O)N(C)C)n3)cc2)CC1. The van der Waals surface area contributed by atoms with Crippen LogP contribution < -0.4 is 5.32 Å². The highest BCUT2D eigenvalue weighted by Gasteiger charge is 2.39. The summed E-state index contributed by atoms with van der Waals surface area (Å²) < 4.78 is 41.4. The molecule has 0 spiro atoms. The Balaban J connectivity index is 1.48. The molecule has 0 bridgehead atoms. The molecule has 1 N–H and O–H groups in total. The van der Waals surface area contributed by atoms with E-state index in [4.69, 9.17) is 0 Å². The minimum absolute atomic E-state index is 0.0361. The van der Waals surface area contributed by atoms with E-state index in [0.717, 1.165) is 38.5 Å². The zero-order valence-electron chi connectivity index (χ0n) is 23.0. The second-order valence-electron chi connectivity index (χ2n) is 10.9. The molecule has 212 valence electrons. The van der Waals surface area contributed by atoms with Gasteiger partial charge in [0.2, 0.25) is 11.9 Å². The van der Waals surface area contributed by atoms with Crippen molar-refractivity contribution in [2.24, 2.45) is 11.8 Å². The molecule has 2 aromatic rings. The van der Waals surface area contributed by atoms with E-state index in [2.05, 4.69) is 27.2 Å². The molecule has 0 radical (unpaired) electrons. The van der Waals surface area contributed by atoms with Crippen LogP contribution in [0.5, 0.6) is 0 Å². The third-order valence-corrected chi connectivity index (χ3v) is 7.99. The van der Waals surface area contributed by atoms with Crippen LogP contribution in [0.25, 0.3) is 0 Å². The highest BCUT2D eigenvalue weighted by atomic mass is 19.4. The number of nitrogens with zero attached hydrogens (tertiary/aromatic N) is 5. The number of nitrogens with one attached hydrogen (secondary N) is 1. The number of amides is 2. The van der Waals surface area contributed by atoms with Crippen molar-refractivity contribution in [2.75, 3.05) is 46.6 Å². The number of piperidine rings is 1. The third-order valence-electron chi connectivity index (χ3n) is 7.99. The van der Waals surface area contributed by atoms with Gasteiger partial charge in [0, 0.05) is 50.6 Å². The monoisotopic (exact) mass is 546 g/mol. The first kappa shape index (κ1) is 28.8. The maximum atomic E-state index is 13.8. The van der Waals surface area contributed by atoms with E-state index in [1.807, 2.05) is 7.05 Å². The molecule has 11 heteroatoms. The van der Waals surface area contributed by atoms with Crippen LogP contribution in [0.2, 0.25) is 0 Å². The molecule has 1 aromatic carbocycles. The van der Waals surface area contributed by atoms with Crippen molar-refractivity contribution in [2.45, 2.75) is 50.7 Å². The fourth-order valence-corrected chi connectivity index (χ4v) is 5.63. The number of anilines is 2. The summed E-state index contributed by atoms with van der Waals surface area (Å²) in [5.41, 5.74) is 0.0958. The van der Waals surface area contributed by atoms with Gasteiger partial charge < -0.3 is 20.0 Å². The van der Waals surface area contributed by atoms with Gasteiger partial charge >= 0.3 is 6.18 Å². The molecule has 1 saturated heterocycles. The van der Waals surface area contributed by atoms with E-state index in [-0.39, 0.29) is 47.8 Å². The topological polar surface area (TPSA) is 81.7 Å². The van der Waals surface area contributed by atoms with Gasteiger partial charge in [0.25, 0.3) is 5.91 Å². The molecule has 4 rings (SSSR count). The molecule has 2 heterocycles. The normalized spacial score (nSPS) is 20.6. The first-order valence-electron chi connectivity index (χ1n) is 13.4. The molecule has 2 fully saturated rings. The van der Waals surface area contributed by atoms with Gasteiger partial charge in [0.15, 0.2) is 0 Å². The molecule has 1 saturated carbocycles. The molecule has 1 aromatic heterocycles. The van der Waals surface area contributed by atoms with E-state index in [1.54, 1.807) is 43.3 Å². The molecule has 1 aliphatic carbocycles. The van der Waals surface area contributed by atoms with Crippen LogP contribution in [-0.4, -0.2) is 83.8 Å². The van der Waals surface area contributed by atoms with E-state index < -0.39 is 11.7 Å². The fraction of sp³-hybridized carbons (Fsp3) is 0.571. The quantitative estimate of drug-likeness (QED) is 0.553. The smallest absolute Gasteiger partial charge is 0.349 e. The Kier molecular flexibility index (Phi) is 8.78. The van der Waals surface area contributed by atoms with Crippen LogP contribution >= 0.6 is 0 Å². The predicted octanol–water partition coefficient (Wildman–Crippen LogP) is 4.45. The van der Waals surface area contributed by atoms with Crippen molar-refractivity contribution in [3.63, 3.8) is 0 Å². The van der Waals surface area contributed by atoms with Gasteiger partial charge in [0.1, 0.15) is 0 Å². The van der Waals surface area contributed by atoms with Gasteiger partial charge in [-0.1, -0.05) is 6.42 Å². The molecular weight excluding hydrogens is 509 g/mol. The molecule has 2 aliphatic rings. The van der Waals surface area contributed by atoms with Crippen LogP contribution in [0.1, 0.15) is 53.7 Å². The van der Waals surface area contributed by atoms with Gasteiger partial charge in [-0.2, -0.15) is 13.2 Å². The van der Waals surface area contributed by atoms with E-state index in [1.165, 1.54) is 4.90 Å². The summed E-state index contributed by atoms with van der Waals surface area (Å²) in [6.07, 6.45) is 0.241. The molecule has 2 amide bonds. The van der Waals surface area contributed by atoms with Gasteiger partial charge in [-0.05, 0) is 82.4 Å². The van der Waals surface area contributed by atoms with Crippen LogP contribution in [0.3, 0.4) is 0 Å². The second kappa shape index (κ2) is 11.9. The lowest BCUT2D eigenvalue weighted by Crippen LogP contribution is -2.44. The number of likely N-dealkylation sites (tertiary alicyclic amines) is 1. The summed E-state index contributed by atoms with van der Waals surface area (Å²) in [5, 5.41) is 2.97. The molecule has 8 nitrogen and oxygen atoms in total. The second-order valence-corrected chi connectivity index (χ2v) is 10.9. The van der Waals surface area contributed by atoms with Crippen molar-refractivity contribution in [1.29, 1.82) is 0 Å². The lowest BCUT2D eigenvalue weighted by atomic mass is 9.89. The minimum Gasteiger partial charge on any atom is -0.349 e. The van der Waals surface area contributed by atoms with Gasteiger partial charge in [0.05, 0.1) is 11.3 Å². The molecule has 1 aliphatic heterocycles. The molecule has 0 unspecified atom stereocenters. The number of rotatable bonds is 7. The van der Waals surface area contributed by atoms with Crippen LogP contribution in [0.4, 0.5) is 24.8 Å². The Morgan fingerprint density at radius 1 is 1.05 bits per heavy atom. The lowest BCUT2D eigenvalue weighted by molar-refractivity contribution is -0.138. The van der Waals surface area contributed by atoms with Crippen LogP contribution in [0.15, 0.2) is 30.5 Å². The van der Waals surface area contributed by atoms with Gasteiger partial charge in [-0.25, -0.2) is 9.97 Å². The van der Waals surface area contributed by atoms with E-state index in [9.17, 15) is 22.8 Å². The highest BCUT2D eigenvalue weighted by molar-refractivity contribution is 5.94. The average molecular weight is 547 g/mol. The van der Waals surface area contributed by atoms with Crippen molar-refractivity contribution in [3.05, 3.63) is 47.3 Å². The zero-order chi connectivity index (χ0) is 28.3.